The number of carbonyl (C=O) groups excluding carboxylic acids is 1. The van der Waals surface area contributed by atoms with Crippen LogP contribution >= 0.6 is 0 Å². The molecular formula is C16H22O4. The minimum absolute atomic E-state index is 0.311. The van der Waals surface area contributed by atoms with Gasteiger partial charge in [0.05, 0.1) is 12.2 Å². The number of hydrogen-bond donors (Lipinski definition) is 2. The number of ether oxygens (including phenoxy) is 1. The lowest BCUT2D eigenvalue weighted by Gasteiger charge is -2.37. The Morgan fingerprint density at radius 3 is 2.60 bits per heavy atom. The molecule has 4 nitrogen and oxygen atoms in total. The van der Waals surface area contributed by atoms with Crippen molar-refractivity contribution in [2.24, 2.45) is 5.92 Å². The first-order chi connectivity index (χ1) is 9.27. The maximum Gasteiger partial charge on any atom is 0.192 e. The third-order valence-electron chi connectivity index (χ3n) is 4.16. The highest BCUT2D eigenvalue weighted by atomic mass is 16.5. The van der Waals surface area contributed by atoms with Gasteiger partial charge in [0.2, 0.25) is 0 Å². The number of aliphatic hydroxyl groups is 2. The van der Waals surface area contributed by atoms with Crippen LogP contribution in [0.15, 0.2) is 12.1 Å². The van der Waals surface area contributed by atoms with Crippen LogP contribution in [0.2, 0.25) is 0 Å². The van der Waals surface area contributed by atoms with Crippen LogP contribution in [0, 0.1) is 12.8 Å². The molecule has 4 heteroatoms. The number of methoxy groups -OCH3 is 1. The highest BCUT2D eigenvalue weighted by molar-refractivity contribution is 6.03. The smallest absolute Gasteiger partial charge is 0.192 e. The van der Waals surface area contributed by atoms with Gasteiger partial charge in [-0.25, -0.2) is 0 Å². The summed E-state index contributed by atoms with van der Waals surface area (Å²) in [6.07, 6.45) is -0.672. The lowest BCUT2D eigenvalue weighted by molar-refractivity contribution is -0.0398. The summed E-state index contributed by atoms with van der Waals surface area (Å²) in [6.45, 7) is 5.55. The van der Waals surface area contributed by atoms with Gasteiger partial charge in [-0.15, -0.1) is 0 Å². The maximum atomic E-state index is 12.5. The van der Waals surface area contributed by atoms with Gasteiger partial charge in [0.1, 0.15) is 6.10 Å². The average Bonchev–Trinajstić information content (AvgIpc) is 2.35. The molecule has 0 aromatic heterocycles. The van der Waals surface area contributed by atoms with Crippen molar-refractivity contribution in [2.45, 2.75) is 45.5 Å². The predicted molar refractivity (Wildman–Crippen MR) is 75.7 cm³/mol. The molecule has 1 aliphatic rings. The zero-order valence-electron chi connectivity index (χ0n) is 12.4. The molecule has 2 rings (SSSR count). The second-order valence-corrected chi connectivity index (χ2v) is 6.10. The third-order valence-corrected chi connectivity index (χ3v) is 4.16. The Morgan fingerprint density at radius 1 is 1.40 bits per heavy atom. The number of rotatable bonds is 3. The Hall–Kier alpha value is -1.23. The van der Waals surface area contributed by atoms with E-state index >= 15 is 0 Å². The SMILES string of the molecule is COCc1ccc(C)c2c1C(=O)C(O)C(C(C)(C)O)C2. The summed E-state index contributed by atoms with van der Waals surface area (Å²) < 4.78 is 5.13. The normalized spacial score (nSPS) is 22.8. The summed E-state index contributed by atoms with van der Waals surface area (Å²) in [7, 11) is 1.58. The Labute approximate surface area is 119 Å². The minimum atomic E-state index is -1.17. The minimum Gasteiger partial charge on any atom is -0.390 e. The molecule has 1 aromatic rings. The first kappa shape index (κ1) is 15.2. The Morgan fingerprint density at radius 2 is 2.05 bits per heavy atom. The van der Waals surface area contributed by atoms with Gasteiger partial charge in [-0.05, 0) is 43.9 Å². The van der Waals surface area contributed by atoms with E-state index in [4.69, 9.17) is 4.74 Å². The molecule has 2 atom stereocenters. The van der Waals surface area contributed by atoms with E-state index in [-0.39, 0.29) is 5.78 Å². The van der Waals surface area contributed by atoms with E-state index in [1.165, 1.54) is 0 Å². The van der Waals surface area contributed by atoms with Crippen LogP contribution in [0.5, 0.6) is 0 Å². The van der Waals surface area contributed by atoms with Crippen molar-refractivity contribution in [3.8, 4) is 0 Å². The molecule has 110 valence electrons. The van der Waals surface area contributed by atoms with Crippen molar-refractivity contribution in [2.75, 3.05) is 7.11 Å². The van der Waals surface area contributed by atoms with Crippen molar-refractivity contribution in [1.82, 2.24) is 0 Å². The summed E-state index contributed by atoms with van der Waals surface area (Å²) in [6, 6.07) is 3.83. The van der Waals surface area contributed by atoms with Crippen molar-refractivity contribution < 1.29 is 19.7 Å². The largest absolute Gasteiger partial charge is 0.390 e. The van der Waals surface area contributed by atoms with Gasteiger partial charge >= 0.3 is 0 Å². The fourth-order valence-corrected chi connectivity index (χ4v) is 2.94. The summed E-state index contributed by atoms with van der Waals surface area (Å²) >= 11 is 0. The molecule has 0 fully saturated rings. The molecule has 2 N–H and O–H groups in total. The van der Waals surface area contributed by atoms with Crippen LogP contribution in [-0.4, -0.2) is 34.8 Å². The molecular weight excluding hydrogens is 256 g/mol. The first-order valence-electron chi connectivity index (χ1n) is 6.82. The summed E-state index contributed by atoms with van der Waals surface area (Å²) in [5.74, 6) is -0.798. The molecule has 0 saturated heterocycles. The van der Waals surface area contributed by atoms with Crippen molar-refractivity contribution >= 4 is 5.78 Å². The number of aliphatic hydroxyl groups excluding tert-OH is 1. The summed E-state index contributed by atoms with van der Waals surface area (Å²) in [5.41, 5.74) is 2.19. The molecule has 0 radical (unpaired) electrons. The molecule has 1 aliphatic carbocycles. The lowest BCUT2D eigenvalue weighted by atomic mass is 9.71. The highest BCUT2D eigenvalue weighted by Crippen LogP contribution is 2.36. The fourth-order valence-electron chi connectivity index (χ4n) is 2.94. The van der Waals surface area contributed by atoms with Gasteiger partial charge in [-0.1, -0.05) is 12.1 Å². The quantitative estimate of drug-likeness (QED) is 0.882. The molecule has 0 saturated carbocycles. The summed E-state index contributed by atoms with van der Waals surface area (Å²) in [5, 5.41) is 20.4. The number of aryl methyl sites for hydroxylation is 1. The van der Waals surface area contributed by atoms with Gasteiger partial charge in [0.15, 0.2) is 5.78 Å². The fraction of sp³-hybridized carbons (Fsp3) is 0.562. The van der Waals surface area contributed by atoms with E-state index in [0.717, 1.165) is 16.7 Å². The number of hydrogen-bond acceptors (Lipinski definition) is 4. The molecule has 0 aliphatic heterocycles. The van der Waals surface area contributed by atoms with E-state index in [0.29, 0.717) is 18.6 Å². The third kappa shape index (κ3) is 2.51. The molecule has 2 unspecified atom stereocenters. The zero-order valence-corrected chi connectivity index (χ0v) is 12.4. The molecule has 20 heavy (non-hydrogen) atoms. The van der Waals surface area contributed by atoms with Crippen LogP contribution in [0.4, 0.5) is 0 Å². The molecule has 0 spiro atoms. The monoisotopic (exact) mass is 278 g/mol. The molecule has 0 amide bonds. The second-order valence-electron chi connectivity index (χ2n) is 6.10. The van der Waals surface area contributed by atoms with Crippen molar-refractivity contribution in [3.05, 3.63) is 34.4 Å². The average molecular weight is 278 g/mol. The van der Waals surface area contributed by atoms with Gasteiger partial charge < -0.3 is 14.9 Å². The van der Waals surface area contributed by atoms with E-state index in [1.54, 1.807) is 21.0 Å². The number of benzene rings is 1. The predicted octanol–water partition coefficient (Wildman–Crippen LogP) is 1.63. The topological polar surface area (TPSA) is 66.8 Å². The summed E-state index contributed by atoms with van der Waals surface area (Å²) in [4.78, 5) is 12.5. The van der Waals surface area contributed by atoms with Gasteiger partial charge in [0.25, 0.3) is 0 Å². The molecule has 1 aromatic carbocycles. The van der Waals surface area contributed by atoms with Gasteiger partial charge in [0, 0.05) is 18.6 Å². The van der Waals surface area contributed by atoms with E-state index in [9.17, 15) is 15.0 Å². The number of Topliss-reactive ketones (excluding diaryl/α,β-unsaturated/α-hetero) is 1. The molecule has 0 bridgehead atoms. The van der Waals surface area contributed by atoms with Crippen LogP contribution in [-0.2, 0) is 17.8 Å². The second kappa shape index (κ2) is 5.28. The maximum absolute atomic E-state index is 12.5. The Balaban J connectivity index is 2.56. The highest BCUT2D eigenvalue weighted by Gasteiger charge is 2.43. The lowest BCUT2D eigenvalue weighted by Crippen LogP contribution is -2.48. The van der Waals surface area contributed by atoms with Crippen molar-refractivity contribution in [3.63, 3.8) is 0 Å². The van der Waals surface area contributed by atoms with Crippen molar-refractivity contribution in [1.29, 1.82) is 0 Å². The van der Waals surface area contributed by atoms with E-state index in [2.05, 4.69) is 0 Å². The van der Waals surface area contributed by atoms with Crippen LogP contribution in [0.1, 0.15) is 40.9 Å². The number of carbonyl (C=O) groups is 1. The van der Waals surface area contributed by atoms with Gasteiger partial charge in [-0.3, -0.25) is 4.79 Å². The molecule has 0 heterocycles. The van der Waals surface area contributed by atoms with E-state index in [1.807, 2.05) is 19.1 Å². The number of fused-ring (bicyclic) bond motifs is 1. The number of ketones is 1. The zero-order chi connectivity index (χ0) is 15.1. The van der Waals surface area contributed by atoms with Crippen LogP contribution in [0.3, 0.4) is 0 Å². The standard InChI is InChI=1S/C16H22O4/c1-9-5-6-10(8-20-4)13-11(9)7-12(16(2,3)19)14(17)15(13)18/h5-6,12,14,17,19H,7-8H2,1-4H3. The van der Waals surface area contributed by atoms with Crippen LogP contribution in [0.25, 0.3) is 0 Å². The van der Waals surface area contributed by atoms with E-state index < -0.39 is 17.6 Å². The Bertz CT molecular complexity index is 528. The van der Waals surface area contributed by atoms with Gasteiger partial charge in [-0.2, -0.15) is 0 Å². The first-order valence-corrected chi connectivity index (χ1v) is 6.82. The van der Waals surface area contributed by atoms with Crippen LogP contribution < -0.4 is 0 Å². The Kier molecular flexibility index (Phi) is 4.00.